The van der Waals surface area contributed by atoms with E-state index in [-0.39, 0.29) is 11.9 Å². The number of carbonyl (C=O) groups is 1. The average Bonchev–Trinajstić information content (AvgIpc) is 3.26. The van der Waals surface area contributed by atoms with E-state index < -0.39 is 0 Å². The summed E-state index contributed by atoms with van der Waals surface area (Å²) in [4.78, 5) is 16.1. The molecule has 7 heteroatoms. The largest absolute Gasteiger partial charge is 0.493 e. The Morgan fingerprint density at radius 3 is 2.61 bits per heavy atom. The van der Waals surface area contributed by atoms with Gasteiger partial charge in [0.25, 0.3) is 0 Å². The maximum Gasteiger partial charge on any atom is 0.319 e. The molecule has 0 aliphatic rings. The Bertz CT molecular complexity index is 1290. The third-order valence-electron chi connectivity index (χ3n) is 5.79. The fraction of sp³-hybridized carbons (Fsp3) is 0.192. The molecule has 0 aliphatic heterocycles. The highest BCUT2D eigenvalue weighted by Crippen LogP contribution is 2.35. The Labute approximate surface area is 197 Å². The van der Waals surface area contributed by atoms with E-state index >= 15 is 0 Å². The lowest BCUT2D eigenvalue weighted by atomic mass is 9.90. The number of aromatic nitrogens is 1. The summed E-state index contributed by atoms with van der Waals surface area (Å²) in [6.07, 6.45) is 1.99. The zero-order valence-corrected chi connectivity index (χ0v) is 19.5. The molecule has 0 saturated carbocycles. The quantitative estimate of drug-likeness (QED) is 0.310. The Hall–Kier alpha value is -3.64. The van der Waals surface area contributed by atoms with E-state index in [0.29, 0.717) is 28.8 Å². The van der Waals surface area contributed by atoms with Crippen LogP contribution in [-0.2, 0) is 0 Å². The van der Waals surface area contributed by atoms with Crippen LogP contribution in [0.3, 0.4) is 0 Å². The maximum atomic E-state index is 12.8. The number of halogens is 1. The van der Waals surface area contributed by atoms with Gasteiger partial charge in [-0.05, 0) is 53.9 Å². The van der Waals surface area contributed by atoms with E-state index in [1.807, 2.05) is 61.7 Å². The molecule has 0 spiro atoms. The summed E-state index contributed by atoms with van der Waals surface area (Å²) in [5.41, 5.74) is 4.61. The topological polar surface area (TPSA) is 75.4 Å². The molecule has 1 heterocycles. The zero-order valence-electron chi connectivity index (χ0n) is 18.7. The minimum atomic E-state index is -0.300. The molecule has 1 aromatic heterocycles. The number of urea groups is 1. The van der Waals surface area contributed by atoms with Gasteiger partial charge in [0, 0.05) is 40.3 Å². The number of anilines is 1. The van der Waals surface area contributed by atoms with E-state index in [4.69, 9.17) is 21.1 Å². The van der Waals surface area contributed by atoms with Crippen molar-refractivity contribution in [2.45, 2.75) is 12.8 Å². The summed E-state index contributed by atoms with van der Waals surface area (Å²) in [6, 6.07) is 19.1. The molecule has 6 nitrogen and oxygen atoms in total. The summed E-state index contributed by atoms with van der Waals surface area (Å²) >= 11 is 6.18. The number of fused-ring (bicyclic) bond motifs is 1. The first-order chi connectivity index (χ1) is 16.0. The molecule has 0 aliphatic carbocycles. The van der Waals surface area contributed by atoms with Crippen LogP contribution in [0.5, 0.6) is 11.5 Å². The van der Waals surface area contributed by atoms with Crippen molar-refractivity contribution in [1.82, 2.24) is 10.3 Å². The number of amides is 2. The Balaban J connectivity index is 1.63. The average molecular weight is 464 g/mol. The van der Waals surface area contributed by atoms with Crippen molar-refractivity contribution in [3.05, 3.63) is 88.6 Å². The molecule has 0 fully saturated rings. The second-order valence-corrected chi connectivity index (χ2v) is 8.11. The summed E-state index contributed by atoms with van der Waals surface area (Å²) in [6.45, 7) is 2.25. The first-order valence-electron chi connectivity index (χ1n) is 10.6. The molecule has 3 aromatic carbocycles. The number of hydrogen-bond donors (Lipinski definition) is 3. The van der Waals surface area contributed by atoms with Crippen LogP contribution in [0.25, 0.3) is 10.9 Å². The normalized spacial score (nSPS) is 11.8. The van der Waals surface area contributed by atoms with Crippen molar-refractivity contribution in [3.8, 4) is 11.5 Å². The minimum Gasteiger partial charge on any atom is -0.493 e. The van der Waals surface area contributed by atoms with Gasteiger partial charge in [0.15, 0.2) is 11.5 Å². The third-order valence-corrected chi connectivity index (χ3v) is 6.20. The van der Waals surface area contributed by atoms with E-state index in [1.54, 1.807) is 20.3 Å². The lowest BCUT2D eigenvalue weighted by Crippen LogP contribution is -2.33. The third kappa shape index (κ3) is 4.76. The van der Waals surface area contributed by atoms with Gasteiger partial charge in [-0.1, -0.05) is 41.9 Å². The number of ether oxygens (including phenoxy) is 2. The van der Waals surface area contributed by atoms with Crippen LogP contribution in [0.1, 0.15) is 22.6 Å². The molecule has 0 saturated heterocycles. The number of hydrogen-bond acceptors (Lipinski definition) is 3. The van der Waals surface area contributed by atoms with Crippen LogP contribution in [-0.4, -0.2) is 31.8 Å². The number of rotatable bonds is 7. The monoisotopic (exact) mass is 463 g/mol. The molecular weight excluding hydrogens is 438 g/mol. The SMILES string of the molecule is COc1ccc([C@H](CNC(=O)Nc2cccc(Cl)c2C)c2c[nH]c3ccccc23)cc1OC. The van der Waals surface area contributed by atoms with Crippen LogP contribution in [0.15, 0.2) is 66.9 Å². The fourth-order valence-corrected chi connectivity index (χ4v) is 4.14. The lowest BCUT2D eigenvalue weighted by Gasteiger charge is -2.20. The number of para-hydroxylation sites is 1. The Morgan fingerprint density at radius 1 is 1.03 bits per heavy atom. The van der Waals surface area contributed by atoms with Gasteiger partial charge >= 0.3 is 6.03 Å². The van der Waals surface area contributed by atoms with Crippen LogP contribution in [0.2, 0.25) is 5.02 Å². The van der Waals surface area contributed by atoms with Gasteiger partial charge < -0.3 is 25.1 Å². The molecule has 4 aromatic rings. The summed E-state index contributed by atoms with van der Waals surface area (Å²) in [5.74, 6) is 1.17. The second kappa shape index (κ2) is 9.88. The standard InChI is InChI=1S/C26H26ClN3O3/c1-16-21(27)8-6-10-22(16)30-26(31)29-14-19(17-11-12-24(32-2)25(13-17)33-3)20-15-28-23-9-5-4-7-18(20)23/h4-13,15,19,28H,14H2,1-3H3,(H2,29,30,31)/t19-/m0/s1. The lowest BCUT2D eigenvalue weighted by molar-refractivity contribution is 0.252. The molecule has 33 heavy (non-hydrogen) atoms. The Kier molecular flexibility index (Phi) is 6.75. The van der Waals surface area contributed by atoms with Crippen molar-refractivity contribution < 1.29 is 14.3 Å². The zero-order chi connectivity index (χ0) is 23.4. The molecule has 2 amide bonds. The van der Waals surface area contributed by atoms with Gasteiger partial charge in [-0.2, -0.15) is 0 Å². The Morgan fingerprint density at radius 2 is 1.82 bits per heavy atom. The molecule has 0 bridgehead atoms. The molecular formula is C26H26ClN3O3. The van der Waals surface area contributed by atoms with Gasteiger partial charge in [0.05, 0.1) is 14.2 Å². The smallest absolute Gasteiger partial charge is 0.319 e. The van der Waals surface area contributed by atoms with Gasteiger partial charge in [0.2, 0.25) is 0 Å². The van der Waals surface area contributed by atoms with Crippen LogP contribution in [0.4, 0.5) is 10.5 Å². The molecule has 1 atom stereocenters. The van der Waals surface area contributed by atoms with E-state index in [9.17, 15) is 4.79 Å². The fourth-order valence-electron chi connectivity index (χ4n) is 3.96. The maximum absolute atomic E-state index is 12.8. The van der Waals surface area contributed by atoms with E-state index in [0.717, 1.165) is 27.6 Å². The van der Waals surface area contributed by atoms with Crippen molar-refractivity contribution in [3.63, 3.8) is 0 Å². The van der Waals surface area contributed by atoms with Gasteiger partial charge in [-0.25, -0.2) is 4.79 Å². The summed E-state index contributed by atoms with van der Waals surface area (Å²) < 4.78 is 10.9. The molecule has 4 rings (SSSR count). The second-order valence-electron chi connectivity index (χ2n) is 7.70. The van der Waals surface area contributed by atoms with E-state index in [2.05, 4.69) is 21.7 Å². The number of aromatic amines is 1. The van der Waals surface area contributed by atoms with Crippen molar-refractivity contribution >= 4 is 34.2 Å². The molecule has 0 unspecified atom stereocenters. The number of benzene rings is 3. The van der Waals surface area contributed by atoms with E-state index in [1.165, 1.54) is 0 Å². The molecule has 170 valence electrons. The van der Waals surface area contributed by atoms with Gasteiger partial charge in [0.1, 0.15) is 0 Å². The summed E-state index contributed by atoms with van der Waals surface area (Å²) in [5, 5.41) is 7.62. The number of nitrogens with one attached hydrogen (secondary N) is 3. The number of H-pyrrole nitrogens is 1. The van der Waals surface area contributed by atoms with Crippen molar-refractivity contribution in [1.29, 1.82) is 0 Å². The van der Waals surface area contributed by atoms with Crippen LogP contribution >= 0.6 is 11.6 Å². The summed E-state index contributed by atoms with van der Waals surface area (Å²) in [7, 11) is 3.22. The molecule has 3 N–H and O–H groups in total. The predicted molar refractivity (Wildman–Crippen MR) is 133 cm³/mol. The van der Waals surface area contributed by atoms with Gasteiger partial charge in [-0.15, -0.1) is 0 Å². The number of methoxy groups -OCH3 is 2. The van der Waals surface area contributed by atoms with Crippen LogP contribution in [0, 0.1) is 6.92 Å². The highest BCUT2D eigenvalue weighted by molar-refractivity contribution is 6.31. The van der Waals surface area contributed by atoms with Crippen LogP contribution < -0.4 is 20.1 Å². The predicted octanol–water partition coefficient (Wildman–Crippen LogP) is 6.10. The van der Waals surface area contributed by atoms with Crippen molar-refractivity contribution in [2.24, 2.45) is 0 Å². The number of carbonyl (C=O) groups excluding carboxylic acids is 1. The first-order valence-corrected chi connectivity index (χ1v) is 11.0. The highest BCUT2D eigenvalue weighted by Gasteiger charge is 2.21. The van der Waals surface area contributed by atoms with Crippen molar-refractivity contribution in [2.75, 3.05) is 26.1 Å². The highest BCUT2D eigenvalue weighted by atomic mass is 35.5. The minimum absolute atomic E-state index is 0.118. The molecule has 0 radical (unpaired) electrons. The first kappa shape index (κ1) is 22.6. The van der Waals surface area contributed by atoms with Gasteiger partial charge in [-0.3, -0.25) is 0 Å².